The molecule has 0 amide bonds. The largest absolute Gasteiger partial charge is 0.475 e. The molecule has 0 bridgehead atoms. The monoisotopic (exact) mass is 277 g/mol. The van der Waals surface area contributed by atoms with Gasteiger partial charge in [-0.1, -0.05) is 6.07 Å². The molecule has 0 saturated heterocycles. The number of carboxylic acids is 1. The molecule has 100 valence electrons. The molecular formula is C13H15N3O2S. The Morgan fingerprint density at radius 1 is 1.47 bits per heavy atom. The van der Waals surface area contributed by atoms with Gasteiger partial charge < -0.3 is 9.67 Å². The van der Waals surface area contributed by atoms with Crippen molar-refractivity contribution in [2.45, 2.75) is 38.1 Å². The second-order valence-electron chi connectivity index (χ2n) is 5.36. The Bertz CT molecular complexity index is 612. The van der Waals surface area contributed by atoms with Crippen LogP contribution in [0.25, 0.3) is 0 Å². The number of hydrogen-bond acceptors (Lipinski definition) is 4. The number of rotatable bonds is 4. The summed E-state index contributed by atoms with van der Waals surface area (Å²) in [6.07, 6.45) is 2.01. The van der Waals surface area contributed by atoms with Gasteiger partial charge in [0, 0.05) is 10.9 Å². The first-order chi connectivity index (χ1) is 9.01. The van der Waals surface area contributed by atoms with E-state index >= 15 is 0 Å². The quantitative estimate of drug-likeness (QED) is 0.933. The van der Waals surface area contributed by atoms with Gasteiger partial charge in [0.15, 0.2) is 0 Å². The molecule has 1 fully saturated rings. The normalized spacial score (nSPS) is 15.7. The molecule has 3 rings (SSSR count). The summed E-state index contributed by atoms with van der Waals surface area (Å²) in [5.74, 6) is -0.204. The Morgan fingerprint density at radius 3 is 2.74 bits per heavy atom. The molecule has 0 aliphatic heterocycles. The van der Waals surface area contributed by atoms with Crippen LogP contribution in [0.1, 0.15) is 54.1 Å². The minimum Gasteiger partial charge on any atom is -0.475 e. The third-order valence-electron chi connectivity index (χ3n) is 3.50. The van der Waals surface area contributed by atoms with Gasteiger partial charge in [-0.2, -0.15) is 0 Å². The molecular weight excluding hydrogens is 262 g/mol. The molecule has 5 nitrogen and oxygen atoms in total. The summed E-state index contributed by atoms with van der Waals surface area (Å²) in [5, 5.41) is 19.3. The lowest BCUT2D eigenvalue weighted by Gasteiger charge is -2.23. The lowest BCUT2D eigenvalue weighted by atomic mass is 9.90. The van der Waals surface area contributed by atoms with Crippen molar-refractivity contribution in [1.82, 2.24) is 14.8 Å². The number of thiophene rings is 1. The minimum atomic E-state index is -1.01. The van der Waals surface area contributed by atoms with Gasteiger partial charge in [-0.15, -0.1) is 21.5 Å². The van der Waals surface area contributed by atoms with Crippen LogP contribution in [0.3, 0.4) is 0 Å². The summed E-state index contributed by atoms with van der Waals surface area (Å²) in [4.78, 5) is 12.4. The number of carbonyl (C=O) groups is 1. The van der Waals surface area contributed by atoms with Crippen molar-refractivity contribution in [2.75, 3.05) is 0 Å². The molecule has 1 aliphatic carbocycles. The molecule has 2 aromatic rings. The zero-order valence-electron chi connectivity index (χ0n) is 10.8. The zero-order valence-corrected chi connectivity index (χ0v) is 11.6. The van der Waals surface area contributed by atoms with Crippen LogP contribution in [-0.4, -0.2) is 25.8 Å². The summed E-state index contributed by atoms with van der Waals surface area (Å²) >= 11 is 1.65. The van der Waals surface area contributed by atoms with E-state index in [1.165, 1.54) is 4.88 Å². The third-order valence-corrected chi connectivity index (χ3v) is 4.69. The molecule has 19 heavy (non-hydrogen) atoms. The lowest BCUT2D eigenvalue weighted by molar-refractivity contribution is 0.0677. The predicted molar refractivity (Wildman–Crippen MR) is 71.7 cm³/mol. The van der Waals surface area contributed by atoms with Crippen LogP contribution < -0.4 is 0 Å². The van der Waals surface area contributed by atoms with E-state index in [9.17, 15) is 9.90 Å². The highest BCUT2D eigenvalue weighted by Crippen LogP contribution is 2.41. The maximum atomic E-state index is 11.3. The molecule has 6 heteroatoms. The summed E-state index contributed by atoms with van der Waals surface area (Å²) in [6.45, 7) is 4.13. The molecule has 0 atom stereocenters. The molecule has 2 heterocycles. The average Bonchev–Trinajstić information content (AvgIpc) is 2.91. The van der Waals surface area contributed by atoms with E-state index in [1.807, 2.05) is 16.0 Å². The van der Waals surface area contributed by atoms with E-state index in [-0.39, 0.29) is 17.3 Å². The van der Waals surface area contributed by atoms with Crippen molar-refractivity contribution in [2.24, 2.45) is 0 Å². The fourth-order valence-corrected chi connectivity index (χ4v) is 3.13. The Morgan fingerprint density at radius 2 is 2.21 bits per heavy atom. The second kappa shape index (κ2) is 4.16. The number of nitrogens with zero attached hydrogens (tertiary/aromatic N) is 3. The lowest BCUT2D eigenvalue weighted by Crippen LogP contribution is -2.24. The van der Waals surface area contributed by atoms with E-state index in [0.717, 1.165) is 18.7 Å². The molecule has 1 saturated carbocycles. The first-order valence-corrected chi connectivity index (χ1v) is 7.12. The maximum Gasteiger partial charge on any atom is 0.374 e. The van der Waals surface area contributed by atoms with Crippen molar-refractivity contribution >= 4 is 17.3 Å². The van der Waals surface area contributed by atoms with Gasteiger partial charge in [-0.3, -0.25) is 0 Å². The number of carboxylic acid groups (broad SMARTS) is 1. The summed E-state index contributed by atoms with van der Waals surface area (Å²) in [5.41, 5.74) is -0.322. The van der Waals surface area contributed by atoms with Crippen LogP contribution >= 0.6 is 11.3 Å². The van der Waals surface area contributed by atoms with Gasteiger partial charge in [0.2, 0.25) is 5.82 Å². The van der Waals surface area contributed by atoms with Gasteiger partial charge >= 0.3 is 5.97 Å². The number of aromatic nitrogens is 3. The van der Waals surface area contributed by atoms with Gasteiger partial charge in [-0.05, 0) is 38.1 Å². The Balaban J connectivity index is 2.13. The standard InChI is InChI=1S/C13H15N3O2S/c1-13(2,9-4-3-7-19-9)12-15-14-10(11(17)18)16(12)8-5-6-8/h3-4,7-8H,5-6H2,1-2H3,(H,17,18). The van der Waals surface area contributed by atoms with Crippen LogP contribution in [0.15, 0.2) is 17.5 Å². The van der Waals surface area contributed by atoms with Crippen LogP contribution in [0, 0.1) is 0 Å². The van der Waals surface area contributed by atoms with Crippen LogP contribution in [0.5, 0.6) is 0 Å². The molecule has 0 aromatic carbocycles. The first-order valence-electron chi connectivity index (χ1n) is 6.24. The minimum absolute atomic E-state index is 0.0575. The van der Waals surface area contributed by atoms with Crippen LogP contribution in [0.4, 0.5) is 0 Å². The van der Waals surface area contributed by atoms with E-state index in [4.69, 9.17) is 0 Å². The summed E-state index contributed by atoms with van der Waals surface area (Å²) in [6, 6.07) is 4.30. The Labute approximate surface area is 114 Å². The smallest absolute Gasteiger partial charge is 0.374 e. The molecule has 1 aliphatic rings. The first kappa shape index (κ1) is 12.3. The molecule has 0 radical (unpaired) electrons. The summed E-state index contributed by atoms with van der Waals surface area (Å²) < 4.78 is 1.81. The topological polar surface area (TPSA) is 68.0 Å². The van der Waals surface area contributed by atoms with Gasteiger partial charge in [0.1, 0.15) is 5.82 Å². The Kier molecular flexibility index (Phi) is 2.70. The van der Waals surface area contributed by atoms with Crippen LogP contribution in [-0.2, 0) is 5.41 Å². The number of aromatic carboxylic acids is 1. The van der Waals surface area contributed by atoms with Crippen molar-refractivity contribution in [1.29, 1.82) is 0 Å². The van der Waals surface area contributed by atoms with E-state index < -0.39 is 5.97 Å². The maximum absolute atomic E-state index is 11.3. The second-order valence-corrected chi connectivity index (χ2v) is 6.30. The average molecular weight is 277 g/mol. The van der Waals surface area contributed by atoms with Crippen LogP contribution in [0.2, 0.25) is 0 Å². The van der Waals surface area contributed by atoms with Crippen molar-refractivity contribution in [3.05, 3.63) is 34.0 Å². The van der Waals surface area contributed by atoms with Gasteiger partial charge in [-0.25, -0.2) is 4.79 Å². The summed E-state index contributed by atoms with van der Waals surface area (Å²) in [7, 11) is 0. The SMILES string of the molecule is CC(C)(c1cccs1)c1nnc(C(=O)O)n1C1CC1. The third kappa shape index (κ3) is 1.96. The van der Waals surface area contributed by atoms with Gasteiger partial charge in [0.05, 0.1) is 5.41 Å². The zero-order chi connectivity index (χ0) is 13.6. The fourth-order valence-electron chi connectivity index (χ4n) is 2.29. The Hall–Kier alpha value is -1.69. The van der Waals surface area contributed by atoms with Gasteiger partial charge in [0.25, 0.3) is 0 Å². The predicted octanol–water partition coefficient (Wildman–Crippen LogP) is 2.70. The van der Waals surface area contributed by atoms with E-state index in [2.05, 4.69) is 30.1 Å². The molecule has 0 spiro atoms. The number of hydrogen-bond donors (Lipinski definition) is 1. The van der Waals surface area contributed by atoms with E-state index in [1.54, 1.807) is 11.3 Å². The highest BCUT2D eigenvalue weighted by molar-refractivity contribution is 7.10. The molecule has 1 N–H and O–H groups in total. The van der Waals surface area contributed by atoms with E-state index in [0.29, 0.717) is 0 Å². The molecule has 0 unspecified atom stereocenters. The highest BCUT2D eigenvalue weighted by atomic mass is 32.1. The highest BCUT2D eigenvalue weighted by Gasteiger charge is 2.38. The van der Waals surface area contributed by atoms with Crippen molar-refractivity contribution in [3.63, 3.8) is 0 Å². The van der Waals surface area contributed by atoms with Crippen molar-refractivity contribution < 1.29 is 9.90 Å². The fraction of sp³-hybridized carbons (Fsp3) is 0.462. The molecule has 2 aromatic heterocycles. The van der Waals surface area contributed by atoms with Crippen molar-refractivity contribution in [3.8, 4) is 0 Å².